The number of rotatable bonds is 5. The van der Waals surface area contributed by atoms with Gasteiger partial charge in [-0.15, -0.1) is 0 Å². The molecule has 0 aliphatic carbocycles. The molecule has 1 aromatic carbocycles. The van der Waals surface area contributed by atoms with Crippen LogP contribution in [0.15, 0.2) is 53.9 Å². The Morgan fingerprint density at radius 3 is 2.62 bits per heavy atom. The van der Waals surface area contributed by atoms with Crippen molar-refractivity contribution in [2.24, 2.45) is 5.10 Å². The van der Waals surface area contributed by atoms with Crippen molar-refractivity contribution in [3.63, 3.8) is 0 Å². The van der Waals surface area contributed by atoms with Crippen molar-refractivity contribution in [3.8, 4) is 6.07 Å². The lowest BCUT2D eigenvalue weighted by Crippen LogP contribution is -2.25. The Morgan fingerprint density at radius 1 is 1.24 bits per heavy atom. The summed E-state index contributed by atoms with van der Waals surface area (Å²) in [4.78, 5) is 15.5. The molecule has 0 saturated carbocycles. The van der Waals surface area contributed by atoms with E-state index in [0.717, 1.165) is 11.3 Å². The van der Waals surface area contributed by atoms with Gasteiger partial charge in [0.1, 0.15) is 0 Å². The van der Waals surface area contributed by atoms with Crippen molar-refractivity contribution in [1.82, 2.24) is 10.4 Å². The molecule has 0 bridgehead atoms. The average Bonchev–Trinajstić information content (AvgIpc) is 2.54. The fourth-order valence-corrected chi connectivity index (χ4v) is 1.51. The first kappa shape index (κ1) is 14.2. The molecule has 0 saturated heterocycles. The number of nitrogens with zero attached hydrogens (tertiary/aromatic N) is 3. The summed E-state index contributed by atoms with van der Waals surface area (Å²) in [6.07, 6.45) is 4.84. The highest BCUT2D eigenvalue weighted by atomic mass is 16.2. The van der Waals surface area contributed by atoms with Gasteiger partial charge in [0.25, 0.3) is 5.91 Å². The number of pyridine rings is 1. The van der Waals surface area contributed by atoms with Crippen molar-refractivity contribution in [1.29, 1.82) is 5.26 Å². The van der Waals surface area contributed by atoms with Crippen LogP contribution in [0.5, 0.6) is 0 Å². The fraction of sp³-hybridized carbons (Fsp3) is 0.0667. The highest BCUT2D eigenvalue weighted by Crippen LogP contribution is 2.07. The summed E-state index contributed by atoms with van der Waals surface area (Å²) in [6, 6.07) is 12.4. The van der Waals surface area contributed by atoms with Gasteiger partial charge < -0.3 is 5.32 Å². The molecule has 6 heteroatoms. The van der Waals surface area contributed by atoms with Crippen LogP contribution in [0.2, 0.25) is 0 Å². The number of nitrogens with one attached hydrogen (secondary N) is 2. The zero-order valence-electron chi connectivity index (χ0n) is 11.2. The Balaban J connectivity index is 1.77. The molecular formula is C15H13N5O. The van der Waals surface area contributed by atoms with Crippen LogP contribution >= 0.6 is 0 Å². The van der Waals surface area contributed by atoms with Crippen LogP contribution in [0.25, 0.3) is 0 Å². The van der Waals surface area contributed by atoms with Crippen LogP contribution in [0, 0.1) is 11.3 Å². The Labute approximate surface area is 122 Å². The standard InChI is InChI=1S/C15H13N5O/c16-9-12-1-3-14(4-2-12)18-11-15(21)20-19-10-13-5-7-17-8-6-13/h1-8,10,18H,11H2,(H,20,21). The molecule has 2 N–H and O–H groups in total. The summed E-state index contributed by atoms with van der Waals surface area (Å²) < 4.78 is 0. The van der Waals surface area contributed by atoms with E-state index in [4.69, 9.17) is 5.26 Å². The molecule has 6 nitrogen and oxygen atoms in total. The van der Waals surface area contributed by atoms with E-state index in [0.29, 0.717) is 5.56 Å². The molecule has 0 unspecified atom stereocenters. The quantitative estimate of drug-likeness (QED) is 0.641. The van der Waals surface area contributed by atoms with Crippen LogP contribution in [0.1, 0.15) is 11.1 Å². The Morgan fingerprint density at radius 2 is 1.95 bits per heavy atom. The van der Waals surface area contributed by atoms with Crippen molar-refractivity contribution in [2.45, 2.75) is 0 Å². The number of nitriles is 1. The predicted octanol–water partition coefficient (Wildman–Crippen LogP) is 1.52. The molecule has 21 heavy (non-hydrogen) atoms. The first-order chi connectivity index (χ1) is 10.3. The lowest BCUT2D eigenvalue weighted by molar-refractivity contribution is -0.119. The number of aromatic nitrogens is 1. The van der Waals surface area contributed by atoms with Gasteiger partial charge in [-0.25, -0.2) is 5.43 Å². The molecule has 0 radical (unpaired) electrons. The van der Waals surface area contributed by atoms with E-state index in [1.807, 2.05) is 6.07 Å². The summed E-state index contributed by atoms with van der Waals surface area (Å²) in [5, 5.41) is 15.5. The van der Waals surface area contributed by atoms with Crippen LogP contribution < -0.4 is 10.7 Å². The predicted molar refractivity (Wildman–Crippen MR) is 79.6 cm³/mol. The van der Waals surface area contributed by atoms with Crippen LogP contribution in [0.4, 0.5) is 5.69 Å². The molecule has 0 atom stereocenters. The molecule has 2 rings (SSSR count). The number of benzene rings is 1. The van der Waals surface area contributed by atoms with Gasteiger partial charge in [0.05, 0.1) is 24.4 Å². The third-order valence-electron chi connectivity index (χ3n) is 2.58. The van der Waals surface area contributed by atoms with E-state index in [9.17, 15) is 4.79 Å². The van der Waals surface area contributed by atoms with E-state index in [1.54, 1.807) is 55.0 Å². The maximum absolute atomic E-state index is 11.6. The molecule has 0 spiro atoms. The number of hydrogen-bond donors (Lipinski definition) is 2. The van der Waals surface area contributed by atoms with Gasteiger partial charge >= 0.3 is 0 Å². The van der Waals surface area contributed by atoms with Crippen LogP contribution in [0.3, 0.4) is 0 Å². The zero-order valence-corrected chi connectivity index (χ0v) is 11.2. The zero-order chi connectivity index (χ0) is 14.9. The van der Waals surface area contributed by atoms with E-state index in [1.165, 1.54) is 0 Å². The Hall–Kier alpha value is -3.20. The van der Waals surface area contributed by atoms with Crippen molar-refractivity contribution in [3.05, 3.63) is 59.9 Å². The second-order valence-electron chi connectivity index (χ2n) is 4.12. The lowest BCUT2D eigenvalue weighted by atomic mass is 10.2. The first-order valence-corrected chi connectivity index (χ1v) is 6.24. The smallest absolute Gasteiger partial charge is 0.259 e. The van der Waals surface area contributed by atoms with Gasteiger partial charge in [-0.2, -0.15) is 10.4 Å². The topological polar surface area (TPSA) is 90.2 Å². The summed E-state index contributed by atoms with van der Waals surface area (Å²) in [7, 11) is 0. The van der Waals surface area contributed by atoms with Gasteiger partial charge in [0.15, 0.2) is 0 Å². The summed E-state index contributed by atoms with van der Waals surface area (Å²) in [5.74, 6) is -0.260. The summed E-state index contributed by atoms with van der Waals surface area (Å²) >= 11 is 0. The van der Waals surface area contributed by atoms with Gasteiger partial charge in [-0.05, 0) is 42.0 Å². The van der Waals surface area contributed by atoms with Gasteiger partial charge in [0, 0.05) is 18.1 Å². The third-order valence-corrected chi connectivity index (χ3v) is 2.58. The average molecular weight is 279 g/mol. The van der Waals surface area contributed by atoms with Crippen molar-refractivity contribution >= 4 is 17.8 Å². The molecule has 0 aliphatic rings. The maximum Gasteiger partial charge on any atom is 0.259 e. The molecule has 104 valence electrons. The second kappa shape index (κ2) is 7.40. The molecular weight excluding hydrogens is 266 g/mol. The van der Waals surface area contributed by atoms with Crippen LogP contribution in [-0.4, -0.2) is 23.7 Å². The fourth-order valence-electron chi connectivity index (χ4n) is 1.51. The largest absolute Gasteiger partial charge is 0.376 e. The number of carbonyl (C=O) groups excluding carboxylic acids is 1. The molecule has 0 aliphatic heterocycles. The molecule has 1 heterocycles. The van der Waals surface area contributed by atoms with E-state index >= 15 is 0 Å². The van der Waals surface area contributed by atoms with Gasteiger partial charge in [-0.1, -0.05) is 0 Å². The number of amides is 1. The molecule has 0 fully saturated rings. The highest BCUT2D eigenvalue weighted by molar-refractivity contribution is 5.84. The number of anilines is 1. The first-order valence-electron chi connectivity index (χ1n) is 6.24. The van der Waals surface area contributed by atoms with Crippen molar-refractivity contribution < 1.29 is 4.79 Å². The second-order valence-corrected chi connectivity index (χ2v) is 4.12. The minimum atomic E-state index is -0.260. The number of hydrazone groups is 1. The summed E-state index contributed by atoms with van der Waals surface area (Å²) in [6.45, 7) is 0.0968. The molecule has 1 amide bonds. The van der Waals surface area contributed by atoms with Crippen molar-refractivity contribution in [2.75, 3.05) is 11.9 Å². The van der Waals surface area contributed by atoms with E-state index in [-0.39, 0.29) is 12.5 Å². The normalized spacial score (nSPS) is 10.0. The lowest BCUT2D eigenvalue weighted by Gasteiger charge is -2.04. The minimum absolute atomic E-state index is 0.0968. The summed E-state index contributed by atoms with van der Waals surface area (Å²) in [5.41, 5.74) is 4.61. The molecule has 2 aromatic rings. The SMILES string of the molecule is N#Cc1ccc(NCC(=O)NN=Cc2ccncc2)cc1. The van der Waals surface area contributed by atoms with Crippen LogP contribution in [-0.2, 0) is 4.79 Å². The molecule has 1 aromatic heterocycles. The van der Waals surface area contributed by atoms with Gasteiger partial charge in [0.2, 0.25) is 0 Å². The van der Waals surface area contributed by atoms with Gasteiger partial charge in [-0.3, -0.25) is 9.78 Å². The maximum atomic E-state index is 11.6. The number of carbonyl (C=O) groups is 1. The van der Waals surface area contributed by atoms with E-state index in [2.05, 4.69) is 20.8 Å². The minimum Gasteiger partial charge on any atom is -0.376 e. The highest BCUT2D eigenvalue weighted by Gasteiger charge is 1.99. The Bertz CT molecular complexity index is 659. The third kappa shape index (κ3) is 4.76. The Kier molecular flexibility index (Phi) is 5.01. The number of hydrogen-bond acceptors (Lipinski definition) is 5. The monoisotopic (exact) mass is 279 g/mol. The van der Waals surface area contributed by atoms with E-state index < -0.39 is 0 Å².